The lowest BCUT2D eigenvalue weighted by Gasteiger charge is -2.43. The van der Waals surface area contributed by atoms with E-state index < -0.39 is 83.5 Å². The molecule has 1 heterocycles. The topological polar surface area (TPSA) is 269 Å². The minimum Gasteiger partial charge on any atom is -0.462 e. The molecular weight excluding hydrogens is 898 g/mol. The summed E-state index contributed by atoms with van der Waals surface area (Å²) in [5.74, 6) is -1.28. The molecule has 0 aromatic carbocycles. The fourth-order valence-electron chi connectivity index (χ4n) is 7.41. The number of rotatable bonds is 39. The van der Waals surface area contributed by atoms with E-state index in [0.717, 1.165) is 64.2 Å². The Balaban J connectivity index is 1.80. The zero-order valence-corrected chi connectivity index (χ0v) is 41.1. The molecule has 0 spiro atoms. The Kier molecular flexibility index (Phi) is 31.9. The van der Waals surface area contributed by atoms with E-state index in [2.05, 4.69) is 54.8 Å². The summed E-state index contributed by atoms with van der Waals surface area (Å²) in [7, 11) is -10.7. The Morgan fingerprint density at radius 2 is 1.06 bits per heavy atom. The highest BCUT2D eigenvalue weighted by atomic mass is 31.2. The van der Waals surface area contributed by atoms with Gasteiger partial charge >= 0.3 is 27.6 Å². The Hall–Kier alpha value is -2.08. The molecule has 0 radical (unpaired) electrons. The van der Waals surface area contributed by atoms with Crippen LogP contribution in [0, 0.1) is 0 Å². The van der Waals surface area contributed by atoms with Gasteiger partial charge in [0, 0.05) is 12.8 Å². The van der Waals surface area contributed by atoms with Crippen molar-refractivity contribution in [2.24, 2.45) is 0 Å². The summed E-state index contributed by atoms with van der Waals surface area (Å²) in [6, 6.07) is 0. The third-order valence-electron chi connectivity index (χ3n) is 11.3. The Morgan fingerprint density at radius 1 is 0.561 bits per heavy atom. The Bertz CT molecular complexity index is 1530. The van der Waals surface area contributed by atoms with Gasteiger partial charge in [-0.2, -0.15) is 0 Å². The van der Waals surface area contributed by atoms with E-state index in [0.29, 0.717) is 25.4 Å². The molecule has 1 aliphatic carbocycles. The van der Waals surface area contributed by atoms with Crippen LogP contribution in [0.5, 0.6) is 0 Å². The maximum Gasteiger partial charge on any atom is 0.472 e. The van der Waals surface area contributed by atoms with E-state index in [1.54, 1.807) is 0 Å². The largest absolute Gasteiger partial charge is 0.472 e. The zero-order chi connectivity index (χ0) is 48.6. The fraction of sp³-hybridized carbons (Fsp3) is 0.787. The highest BCUT2D eigenvalue weighted by molar-refractivity contribution is 7.47. The first kappa shape index (κ1) is 60.0. The van der Waals surface area contributed by atoms with Crippen molar-refractivity contribution >= 4 is 27.6 Å². The summed E-state index contributed by atoms with van der Waals surface area (Å²) in [5, 5.41) is 41.3. The lowest BCUT2D eigenvalue weighted by Crippen LogP contribution is -2.64. The quantitative estimate of drug-likeness (QED) is 0.0100. The van der Waals surface area contributed by atoms with Gasteiger partial charge in [0.1, 0.15) is 43.2 Å². The third kappa shape index (κ3) is 28.4. The molecule has 19 heteroatoms. The molecule has 10 atom stereocenters. The number of allylic oxidation sites excluding steroid dienone is 6. The zero-order valence-electron chi connectivity index (χ0n) is 39.3. The van der Waals surface area contributed by atoms with E-state index in [-0.39, 0.29) is 18.9 Å². The molecule has 2 fully saturated rings. The van der Waals surface area contributed by atoms with Gasteiger partial charge in [-0.05, 0) is 70.6 Å². The molecule has 7 unspecified atom stereocenters. The molecule has 0 aromatic rings. The average molecular weight is 981 g/mol. The van der Waals surface area contributed by atoms with Crippen molar-refractivity contribution in [3.05, 3.63) is 48.6 Å². The van der Waals surface area contributed by atoms with Gasteiger partial charge in [-0.1, -0.05) is 133 Å². The monoisotopic (exact) mass is 981 g/mol. The molecule has 7 N–H and O–H groups in total. The number of ether oxygens (including phenoxy) is 3. The first-order chi connectivity index (χ1) is 31.6. The van der Waals surface area contributed by atoms with E-state index in [4.69, 9.17) is 23.3 Å². The van der Waals surface area contributed by atoms with Crippen molar-refractivity contribution in [1.29, 1.82) is 0 Å². The number of unbranched alkanes of at least 4 members (excludes halogenated alkanes) is 15. The van der Waals surface area contributed by atoms with Crippen LogP contribution < -0.4 is 0 Å². The Morgan fingerprint density at radius 3 is 1.67 bits per heavy atom. The fourth-order valence-corrected chi connectivity index (χ4v) is 8.95. The van der Waals surface area contributed by atoms with Gasteiger partial charge in [0.25, 0.3) is 0 Å². The van der Waals surface area contributed by atoms with Crippen LogP contribution in [0.4, 0.5) is 0 Å². The third-order valence-corrected chi connectivity index (χ3v) is 12.8. The smallest absolute Gasteiger partial charge is 0.462 e. The van der Waals surface area contributed by atoms with Crippen molar-refractivity contribution < 1.29 is 81.6 Å². The molecular formula is C47H82O17P2. The molecule has 1 saturated heterocycles. The van der Waals surface area contributed by atoms with Crippen LogP contribution in [0.3, 0.4) is 0 Å². The highest BCUT2D eigenvalue weighted by Crippen LogP contribution is 2.49. The van der Waals surface area contributed by atoms with Gasteiger partial charge in [-0.25, -0.2) is 9.13 Å². The van der Waals surface area contributed by atoms with Gasteiger partial charge in [0.15, 0.2) is 6.10 Å². The van der Waals surface area contributed by atoms with Crippen molar-refractivity contribution in [2.75, 3.05) is 13.2 Å². The van der Waals surface area contributed by atoms with E-state index in [1.165, 1.54) is 57.8 Å². The summed E-state index contributed by atoms with van der Waals surface area (Å²) in [6.45, 7) is 2.94. The number of hydrogen-bond donors (Lipinski definition) is 7. The summed E-state index contributed by atoms with van der Waals surface area (Å²) in [6.07, 6.45) is 25.3. The first-order valence-corrected chi connectivity index (χ1v) is 27.3. The van der Waals surface area contributed by atoms with Crippen molar-refractivity contribution in [3.63, 3.8) is 0 Å². The van der Waals surface area contributed by atoms with Crippen LogP contribution in [0.15, 0.2) is 48.6 Å². The molecule has 0 aromatic heterocycles. The Labute approximate surface area is 392 Å². The second-order valence-electron chi connectivity index (χ2n) is 17.2. The van der Waals surface area contributed by atoms with Gasteiger partial charge in [-0.15, -0.1) is 0 Å². The average Bonchev–Trinajstić information content (AvgIpc) is 4.03. The summed E-state index contributed by atoms with van der Waals surface area (Å²) < 4.78 is 55.1. The normalized spacial score (nSPS) is 25.0. The number of hydrogen-bond acceptors (Lipinski definition) is 14. The van der Waals surface area contributed by atoms with E-state index in [1.807, 2.05) is 12.2 Å². The molecule has 1 saturated carbocycles. The van der Waals surface area contributed by atoms with Gasteiger partial charge < -0.3 is 49.3 Å². The highest BCUT2D eigenvalue weighted by Gasteiger charge is 2.54. The molecule has 0 amide bonds. The molecule has 2 rings (SSSR count). The second kappa shape index (κ2) is 35.1. The summed E-state index contributed by atoms with van der Waals surface area (Å²) >= 11 is 0. The number of aliphatic hydroxyl groups excluding tert-OH is 4. The van der Waals surface area contributed by atoms with Crippen LogP contribution in [0.2, 0.25) is 0 Å². The molecule has 1 aliphatic heterocycles. The standard InChI is InChI=1S/C47H82O17P2/c1-3-5-7-9-11-12-13-14-15-16-17-18-21-26-30-34-41(49)61-37(36-60-66(57,58)64-47-44(52)42(50)43(51)46(45(47)53)63-65(54,55)56)35-59-40(48)33-29-25-22-19-20-24-28-32-39-38(62-39)31-27-23-10-8-6-4-2/h5,7,19,22-24,27-28,37-39,42-47,50-53H,3-4,6,8-18,20-21,25-26,29-36H2,1-2H3,(H,57,58)(H2,54,55,56)/b7-5-,22-19-,27-23-,28-24-/t37-,38?,39?,42?,43?,44?,45?,46-,47+/m1/s1. The SMILES string of the molecule is CC/C=C\CCCCCCCCCCCCCC(=O)O[C@H](COC(=O)CCC/C=C\C/C=C\CC1OC1C/C=C\CCCCC)COP(=O)(O)O[C@H]1C(O)C(O)C(O)[C@@H](OP(=O)(O)O)C1O. The number of carbonyl (C=O) groups excluding carboxylic acids is 2. The number of phosphoric acid groups is 2. The number of phosphoric ester groups is 2. The van der Waals surface area contributed by atoms with Crippen LogP contribution in [-0.2, 0) is 46.5 Å². The van der Waals surface area contributed by atoms with Crippen molar-refractivity contribution in [2.45, 2.75) is 223 Å². The van der Waals surface area contributed by atoms with Crippen LogP contribution in [-0.4, -0.2) is 115 Å². The van der Waals surface area contributed by atoms with Crippen molar-refractivity contribution in [1.82, 2.24) is 0 Å². The predicted molar refractivity (Wildman–Crippen MR) is 250 cm³/mol. The minimum absolute atomic E-state index is 0.0278. The maximum absolute atomic E-state index is 13.0. The van der Waals surface area contributed by atoms with E-state index >= 15 is 0 Å². The molecule has 2 aliphatic rings. The lowest BCUT2D eigenvalue weighted by atomic mass is 9.85. The lowest BCUT2D eigenvalue weighted by molar-refractivity contribution is -0.216. The van der Waals surface area contributed by atoms with Gasteiger partial charge in [0.05, 0.1) is 18.8 Å². The first-order valence-electron chi connectivity index (χ1n) is 24.3. The van der Waals surface area contributed by atoms with Crippen LogP contribution >= 0.6 is 15.6 Å². The number of esters is 2. The van der Waals surface area contributed by atoms with Gasteiger partial charge in [-0.3, -0.25) is 23.2 Å². The number of carbonyl (C=O) groups is 2. The van der Waals surface area contributed by atoms with Crippen LogP contribution in [0.25, 0.3) is 0 Å². The van der Waals surface area contributed by atoms with Crippen LogP contribution in [0.1, 0.15) is 168 Å². The number of epoxide rings is 1. The molecule has 66 heavy (non-hydrogen) atoms. The van der Waals surface area contributed by atoms with Crippen molar-refractivity contribution in [3.8, 4) is 0 Å². The predicted octanol–water partition coefficient (Wildman–Crippen LogP) is 8.27. The molecule has 382 valence electrons. The minimum atomic E-state index is -5.37. The maximum atomic E-state index is 13.0. The number of aliphatic hydroxyl groups is 4. The second-order valence-corrected chi connectivity index (χ2v) is 19.8. The van der Waals surface area contributed by atoms with E-state index in [9.17, 15) is 53.8 Å². The summed E-state index contributed by atoms with van der Waals surface area (Å²) in [5.41, 5.74) is 0. The van der Waals surface area contributed by atoms with Gasteiger partial charge in [0.2, 0.25) is 0 Å². The molecule has 0 bridgehead atoms. The molecule has 17 nitrogen and oxygen atoms in total. The summed E-state index contributed by atoms with van der Waals surface area (Å²) in [4.78, 5) is 54.3.